The van der Waals surface area contributed by atoms with Gasteiger partial charge in [-0.05, 0) is 51.9 Å². The van der Waals surface area contributed by atoms with E-state index in [1.54, 1.807) is 6.20 Å². The molecule has 172 valence electrons. The zero-order valence-electron chi connectivity index (χ0n) is 19.8. The highest BCUT2D eigenvalue weighted by Crippen LogP contribution is 2.36. The van der Waals surface area contributed by atoms with Crippen LogP contribution in [0, 0.1) is 0 Å². The van der Waals surface area contributed by atoms with Crippen LogP contribution in [0.1, 0.15) is 0 Å². The Hall–Kier alpha value is -5.09. The van der Waals surface area contributed by atoms with Crippen LogP contribution in [0.3, 0.4) is 0 Å². The van der Waals surface area contributed by atoms with E-state index in [0.717, 1.165) is 33.1 Å². The van der Waals surface area contributed by atoms with E-state index in [9.17, 15) is 0 Å². The van der Waals surface area contributed by atoms with Crippen LogP contribution in [0.25, 0.3) is 71.6 Å². The summed E-state index contributed by atoms with van der Waals surface area (Å²) in [4.78, 5) is 14.9. The van der Waals surface area contributed by atoms with E-state index in [1.807, 2.05) is 6.07 Å². The van der Waals surface area contributed by atoms with Crippen molar-refractivity contribution in [3.8, 4) is 17.2 Å². The van der Waals surface area contributed by atoms with Gasteiger partial charge in [0.15, 0.2) is 5.65 Å². The van der Waals surface area contributed by atoms with Gasteiger partial charge in [-0.2, -0.15) is 4.98 Å². The van der Waals surface area contributed by atoms with E-state index in [2.05, 4.69) is 119 Å². The number of hydrogen-bond donors (Lipinski definition) is 0. The zero-order chi connectivity index (χ0) is 24.3. The summed E-state index contributed by atoms with van der Waals surface area (Å²) in [5.41, 5.74) is 4.80. The van der Waals surface area contributed by atoms with Crippen LogP contribution in [-0.2, 0) is 0 Å². The molecule has 8 rings (SSSR count). The van der Waals surface area contributed by atoms with Crippen LogP contribution >= 0.6 is 0 Å². The minimum atomic E-state index is 0.621. The molecular weight excluding hydrogens is 452 g/mol. The van der Waals surface area contributed by atoms with Gasteiger partial charge in [0.1, 0.15) is 0 Å². The molecule has 37 heavy (non-hydrogen) atoms. The van der Waals surface area contributed by atoms with Gasteiger partial charge in [-0.25, -0.2) is 9.97 Å². The van der Waals surface area contributed by atoms with Gasteiger partial charge >= 0.3 is 0 Å². The molecule has 4 heteroatoms. The molecule has 0 saturated heterocycles. The van der Waals surface area contributed by atoms with Crippen LogP contribution in [0.15, 0.2) is 121 Å². The highest BCUT2D eigenvalue weighted by molar-refractivity contribution is 6.13. The molecule has 5 aromatic carbocycles. The minimum Gasteiger partial charge on any atom is -0.278 e. The molecule has 0 aliphatic rings. The van der Waals surface area contributed by atoms with Crippen molar-refractivity contribution >= 4 is 54.4 Å². The van der Waals surface area contributed by atoms with E-state index in [0.29, 0.717) is 11.6 Å². The molecule has 0 unspecified atom stereocenters. The monoisotopic (exact) mass is 472 g/mol. The molecule has 0 amide bonds. The number of benzene rings is 5. The van der Waals surface area contributed by atoms with Gasteiger partial charge in [-0.15, -0.1) is 0 Å². The lowest BCUT2D eigenvalue weighted by Crippen LogP contribution is -2.04. The zero-order valence-corrected chi connectivity index (χ0v) is 19.8. The molecule has 0 fully saturated rings. The molecule has 0 saturated carbocycles. The fourth-order valence-electron chi connectivity index (χ4n) is 5.56. The maximum atomic E-state index is 5.26. The lowest BCUT2D eigenvalue weighted by atomic mass is 10.0. The topological polar surface area (TPSA) is 43.6 Å². The van der Waals surface area contributed by atoms with Crippen molar-refractivity contribution in [3.05, 3.63) is 121 Å². The highest BCUT2D eigenvalue weighted by atomic mass is 15.2. The van der Waals surface area contributed by atoms with Crippen LogP contribution in [-0.4, -0.2) is 19.5 Å². The van der Waals surface area contributed by atoms with Crippen LogP contribution in [0.4, 0.5) is 0 Å². The molecule has 0 bridgehead atoms. The van der Waals surface area contributed by atoms with Crippen molar-refractivity contribution in [3.63, 3.8) is 0 Å². The van der Waals surface area contributed by atoms with Crippen molar-refractivity contribution in [1.29, 1.82) is 0 Å². The van der Waals surface area contributed by atoms with Crippen LogP contribution in [0.2, 0.25) is 0 Å². The number of fused-ring (bicyclic) bond motifs is 6. The fraction of sp³-hybridized carbons (Fsp3) is 0. The maximum Gasteiger partial charge on any atom is 0.237 e. The summed E-state index contributed by atoms with van der Waals surface area (Å²) < 4.78 is 2.18. The summed E-state index contributed by atoms with van der Waals surface area (Å²) >= 11 is 0. The second kappa shape index (κ2) is 7.70. The molecule has 0 aliphatic heterocycles. The SMILES string of the molecule is c1ccc2cc3c(cc2c1)c1ccccc1n3-c1nc(-c2cccc3ccccc23)c2cccnc2n1. The molecule has 0 radical (unpaired) electrons. The van der Waals surface area contributed by atoms with E-state index in [4.69, 9.17) is 9.97 Å². The van der Waals surface area contributed by atoms with Crippen molar-refractivity contribution in [1.82, 2.24) is 19.5 Å². The lowest BCUT2D eigenvalue weighted by Gasteiger charge is -2.13. The molecular formula is C33H20N4. The average molecular weight is 473 g/mol. The highest BCUT2D eigenvalue weighted by Gasteiger charge is 2.18. The normalized spacial score (nSPS) is 11.8. The van der Waals surface area contributed by atoms with Crippen molar-refractivity contribution < 1.29 is 0 Å². The molecule has 0 spiro atoms. The van der Waals surface area contributed by atoms with Gasteiger partial charge in [0.05, 0.1) is 16.7 Å². The lowest BCUT2D eigenvalue weighted by molar-refractivity contribution is 1.01. The number of pyridine rings is 1. The smallest absolute Gasteiger partial charge is 0.237 e. The van der Waals surface area contributed by atoms with Gasteiger partial charge < -0.3 is 0 Å². The summed E-state index contributed by atoms with van der Waals surface area (Å²) in [6.45, 7) is 0. The fourth-order valence-corrected chi connectivity index (χ4v) is 5.56. The van der Waals surface area contributed by atoms with E-state index in [-0.39, 0.29) is 0 Å². The van der Waals surface area contributed by atoms with Gasteiger partial charge in [-0.1, -0.05) is 84.9 Å². The van der Waals surface area contributed by atoms with Crippen molar-refractivity contribution in [2.24, 2.45) is 0 Å². The first-order chi connectivity index (χ1) is 18.3. The molecule has 3 heterocycles. The van der Waals surface area contributed by atoms with E-state index >= 15 is 0 Å². The predicted octanol–water partition coefficient (Wildman–Crippen LogP) is 8.10. The Kier molecular flexibility index (Phi) is 4.19. The third kappa shape index (κ3) is 2.99. The third-order valence-electron chi connectivity index (χ3n) is 7.24. The van der Waals surface area contributed by atoms with Crippen molar-refractivity contribution in [2.75, 3.05) is 0 Å². The molecule has 4 nitrogen and oxygen atoms in total. The summed E-state index contributed by atoms with van der Waals surface area (Å²) in [6.07, 6.45) is 1.80. The summed E-state index contributed by atoms with van der Waals surface area (Å²) in [6, 6.07) is 40.3. The van der Waals surface area contributed by atoms with Crippen LogP contribution < -0.4 is 0 Å². The Morgan fingerprint density at radius 3 is 2.08 bits per heavy atom. The van der Waals surface area contributed by atoms with Crippen molar-refractivity contribution in [2.45, 2.75) is 0 Å². The van der Waals surface area contributed by atoms with Gasteiger partial charge in [0, 0.05) is 27.9 Å². The van der Waals surface area contributed by atoms with Gasteiger partial charge in [0.2, 0.25) is 5.95 Å². The third-order valence-corrected chi connectivity index (χ3v) is 7.24. The summed E-state index contributed by atoms with van der Waals surface area (Å²) in [5, 5.41) is 8.05. The number of nitrogens with zero attached hydrogens (tertiary/aromatic N) is 4. The number of aromatic nitrogens is 4. The Labute approximate surface area is 212 Å². The second-order valence-corrected chi connectivity index (χ2v) is 9.34. The Bertz CT molecular complexity index is 2150. The standard InChI is InChI=1S/C33H20N4/c1-2-11-23-20-30-28(19-22(23)10-1)25-14-5-6-17-29(25)37(30)33-35-31(27-16-8-18-34-32(27)36-33)26-15-7-12-21-9-3-4-13-24(21)26/h1-20H. The maximum absolute atomic E-state index is 5.26. The first-order valence-electron chi connectivity index (χ1n) is 12.4. The first kappa shape index (κ1) is 20.1. The second-order valence-electron chi connectivity index (χ2n) is 9.34. The van der Waals surface area contributed by atoms with Gasteiger partial charge in [-0.3, -0.25) is 4.57 Å². The Morgan fingerprint density at radius 2 is 1.19 bits per heavy atom. The molecule has 8 aromatic rings. The van der Waals surface area contributed by atoms with E-state index in [1.165, 1.54) is 26.9 Å². The molecule has 0 aliphatic carbocycles. The molecule has 0 N–H and O–H groups in total. The summed E-state index contributed by atoms with van der Waals surface area (Å²) in [7, 11) is 0. The van der Waals surface area contributed by atoms with E-state index < -0.39 is 0 Å². The minimum absolute atomic E-state index is 0.621. The molecule has 3 aromatic heterocycles. The largest absolute Gasteiger partial charge is 0.278 e. The predicted molar refractivity (Wildman–Crippen MR) is 152 cm³/mol. The van der Waals surface area contributed by atoms with Gasteiger partial charge in [0.25, 0.3) is 0 Å². The average Bonchev–Trinajstić information content (AvgIpc) is 3.28. The summed E-state index contributed by atoms with van der Waals surface area (Å²) in [5.74, 6) is 0.621. The number of rotatable bonds is 2. The number of para-hydroxylation sites is 1. The first-order valence-corrected chi connectivity index (χ1v) is 12.4. The number of hydrogen-bond acceptors (Lipinski definition) is 3. The van der Waals surface area contributed by atoms with Crippen LogP contribution in [0.5, 0.6) is 0 Å². The Morgan fingerprint density at radius 1 is 0.486 bits per heavy atom. The quantitative estimate of drug-likeness (QED) is 0.255. The molecule has 0 atom stereocenters. The Balaban J connectivity index is 1.52.